The normalized spacial score (nSPS) is 6.83. The maximum atomic E-state index is 9.71. The molecule has 0 unspecified atom stereocenters. The molecular weight excluding hydrogens is 103 g/mol. The summed E-state index contributed by atoms with van der Waals surface area (Å²) < 4.78 is 3.61. The van der Waals surface area contributed by atoms with Crippen LogP contribution < -0.4 is 0 Å². The smallest absolute Gasteiger partial charge is 0.344 e. The molecule has 0 fully saturated rings. The second-order valence-corrected chi connectivity index (χ2v) is 0.755. The van der Waals surface area contributed by atoms with Gasteiger partial charge >= 0.3 is 5.97 Å². The predicted octanol–water partition coefficient (Wildman–Crippen LogP) is 0.869. The lowest BCUT2D eigenvalue weighted by Crippen LogP contribution is -1.86. The largest absolute Gasteiger partial charge is 0.348 e. The lowest BCUT2D eigenvalue weighted by molar-refractivity contribution is -0.128. The second kappa shape index (κ2) is 2.72. The summed E-state index contributed by atoms with van der Waals surface area (Å²) in [7, 11) is 0. The molecule has 0 N–H and O–H groups in total. The van der Waals surface area contributed by atoms with Gasteiger partial charge in [0.25, 0.3) is 0 Å². The van der Waals surface area contributed by atoms with Crippen molar-refractivity contribution in [2.24, 2.45) is 0 Å². The Kier molecular flexibility index (Phi) is 2.50. The van der Waals surface area contributed by atoms with Crippen LogP contribution in [0, 0.1) is 0 Å². The molecule has 6 heavy (non-hydrogen) atoms. The molecule has 0 atom stereocenters. The lowest BCUT2D eigenvalue weighted by atomic mass is 10.7. The van der Waals surface area contributed by atoms with E-state index in [9.17, 15) is 4.79 Å². The number of carbonyl (C=O) groups is 1. The Labute approximate surface area is 40.5 Å². The highest BCUT2D eigenvalue weighted by molar-refractivity contribution is 6.14. The van der Waals surface area contributed by atoms with Crippen molar-refractivity contribution in [2.75, 3.05) is 0 Å². The van der Waals surface area contributed by atoms with Gasteiger partial charge in [0.2, 0.25) is 0 Å². The molecule has 0 aliphatic carbocycles. The van der Waals surface area contributed by atoms with E-state index in [4.69, 9.17) is 0 Å². The summed E-state index contributed by atoms with van der Waals surface area (Å²) >= 11 is 4.53. The first-order valence-corrected chi connectivity index (χ1v) is 1.57. The maximum absolute atomic E-state index is 9.71. The molecule has 0 aromatic heterocycles. The molecule has 0 spiro atoms. The van der Waals surface area contributed by atoms with Gasteiger partial charge in [-0.2, -0.15) is 0 Å². The molecular formula is C3H3ClO2. The van der Waals surface area contributed by atoms with Crippen molar-refractivity contribution in [3.05, 3.63) is 12.7 Å². The van der Waals surface area contributed by atoms with Crippen LogP contribution in [0.1, 0.15) is 0 Å². The van der Waals surface area contributed by atoms with Gasteiger partial charge in [-0.05, 0) is 0 Å². The molecule has 0 rings (SSSR count). The van der Waals surface area contributed by atoms with Crippen LogP contribution >= 0.6 is 11.9 Å². The Morgan fingerprint density at radius 2 is 2.50 bits per heavy atom. The van der Waals surface area contributed by atoms with E-state index < -0.39 is 5.97 Å². The molecule has 0 bridgehead atoms. The van der Waals surface area contributed by atoms with E-state index in [1.165, 1.54) is 0 Å². The minimum absolute atomic E-state index is 0.628. The van der Waals surface area contributed by atoms with Gasteiger partial charge in [-0.15, -0.1) is 0 Å². The van der Waals surface area contributed by atoms with Crippen molar-refractivity contribution in [1.29, 1.82) is 0 Å². The van der Waals surface area contributed by atoms with Gasteiger partial charge in [0, 0.05) is 6.08 Å². The number of halogens is 1. The Morgan fingerprint density at radius 3 is 2.50 bits per heavy atom. The fourth-order valence-electron chi connectivity index (χ4n) is 0.0315. The third-order valence-corrected chi connectivity index (χ3v) is 0.395. The topological polar surface area (TPSA) is 26.3 Å². The molecule has 0 heterocycles. The van der Waals surface area contributed by atoms with Crippen LogP contribution in [0.5, 0.6) is 0 Å². The van der Waals surface area contributed by atoms with E-state index in [1.54, 1.807) is 0 Å². The Bertz CT molecular complexity index is 69.2. The average molecular weight is 107 g/mol. The lowest BCUT2D eigenvalue weighted by Gasteiger charge is -1.77. The Morgan fingerprint density at radius 1 is 2.00 bits per heavy atom. The molecule has 0 aromatic rings. The molecule has 0 saturated heterocycles. The number of hydrogen-bond donors (Lipinski definition) is 0. The summed E-state index contributed by atoms with van der Waals surface area (Å²) in [5.74, 6) is -0.628. The maximum Gasteiger partial charge on any atom is 0.348 e. The molecule has 0 aliphatic heterocycles. The van der Waals surface area contributed by atoms with Crippen LogP contribution in [-0.2, 0) is 9.08 Å². The first-order chi connectivity index (χ1) is 2.81. The van der Waals surface area contributed by atoms with Crippen molar-refractivity contribution >= 4 is 17.8 Å². The fourth-order valence-corrected chi connectivity index (χ4v) is 0.0945. The fraction of sp³-hybridized carbons (Fsp3) is 0. The van der Waals surface area contributed by atoms with Gasteiger partial charge in [-0.25, -0.2) is 4.79 Å². The van der Waals surface area contributed by atoms with Gasteiger partial charge in [-0.3, -0.25) is 0 Å². The van der Waals surface area contributed by atoms with E-state index in [-0.39, 0.29) is 0 Å². The van der Waals surface area contributed by atoms with Crippen molar-refractivity contribution in [3.8, 4) is 0 Å². The van der Waals surface area contributed by atoms with E-state index in [2.05, 4.69) is 22.7 Å². The standard InChI is InChI=1S/C3H3ClO2/c1-2-3(5)6-4/h2H,1H2. The third kappa shape index (κ3) is 1.79. The van der Waals surface area contributed by atoms with Gasteiger partial charge in [0.05, 0.1) is 0 Å². The first kappa shape index (κ1) is 5.50. The highest BCUT2D eigenvalue weighted by atomic mass is 35.5. The summed E-state index contributed by atoms with van der Waals surface area (Å²) in [6.45, 7) is 3.07. The van der Waals surface area contributed by atoms with Crippen molar-refractivity contribution in [3.63, 3.8) is 0 Å². The highest BCUT2D eigenvalue weighted by Gasteiger charge is 1.85. The zero-order chi connectivity index (χ0) is 4.99. The van der Waals surface area contributed by atoms with Crippen LogP contribution in [0.3, 0.4) is 0 Å². The number of rotatable bonds is 1. The van der Waals surface area contributed by atoms with Gasteiger partial charge < -0.3 is 4.29 Å². The van der Waals surface area contributed by atoms with Crippen molar-refractivity contribution < 1.29 is 9.08 Å². The van der Waals surface area contributed by atoms with Gasteiger partial charge in [0.1, 0.15) is 11.9 Å². The molecule has 34 valence electrons. The number of hydrogen-bond acceptors (Lipinski definition) is 2. The quantitative estimate of drug-likeness (QED) is 0.464. The van der Waals surface area contributed by atoms with Crippen molar-refractivity contribution in [1.82, 2.24) is 0 Å². The van der Waals surface area contributed by atoms with Crippen LogP contribution in [0.2, 0.25) is 0 Å². The molecule has 0 saturated carbocycles. The molecule has 0 aromatic carbocycles. The molecule has 0 radical (unpaired) electrons. The van der Waals surface area contributed by atoms with Crippen LogP contribution in [-0.4, -0.2) is 5.97 Å². The third-order valence-electron chi connectivity index (χ3n) is 0.243. The van der Waals surface area contributed by atoms with E-state index in [0.29, 0.717) is 0 Å². The summed E-state index contributed by atoms with van der Waals surface area (Å²) in [4.78, 5) is 9.71. The zero-order valence-corrected chi connectivity index (χ0v) is 3.73. The molecule has 0 aliphatic rings. The monoisotopic (exact) mass is 106 g/mol. The Hall–Kier alpha value is -0.500. The van der Waals surface area contributed by atoms with Gasteiger partial charge in [0.15, 0.2) is 0 Å². The molecule has 0 amide bonds. The van der Waals surface area contributed by atoms with E-state index in [1.807, 2.05) is 0 Å². The summed E-state index contributed by atoms with van der Waals surface area (Å²) in [5.41, 5.74) is 0. The SMILES string of the molecule is C=CC(=O)OCl. The minimum atomic E-state index is -0.628. The number of carbonyl (C=O) groups excluding carboxylic acids is 1. The van der Waals surface area contributed by atoms with Crippen LogP contribution in [0.15, 0.2) is 12.7 Å². The van der Waals surface area contributed by atoms with Crippen molar-refractivity contribution in [2.45, 2.75) is 0 Å². The van der Waals surface area contributed by atoms with Crippen LogP contribution in [0.25, 0.3) is 0 Å². The average Bonchev–Trinajstić information content (AvgIpc) is 1.65. The van der Waals surface area contributed by atoms with E-state index >= 15 is 0 Å². The molecule has 2 nitrogen and oxygen atoms in total. The second-order valence-electron chi connectivity index (χ2n) is 0.600. The molecule has 3 heteroatoms. The van der Waals surface area contributed by atoms with E-state index in [0.717, 1.165) is 6.08 Å². The van der Waals surface area contributed by atoms with Crippen LogP contribution in [0.4, 0.5) is 0 Å². The minimum Gasteiger partial charge on any atom is -0.344 e. The highest BCUT2D eigenvalue weighted by Crippen LogP contribution is 1.79. The summed E-state index contributed by atoms with van der Waals surface area (Å²) in [6, 6.07) is 0. The predicted molar refractivity (Wildman–Crippen MR) is 22.1 cm³/mol. The summed E-state index contributed by atoms with van der Waals surface area (Å²) in [5, 5.41) is 0. The Balaban J connectivity index is 3.23. The summed E-state index contributed by atoms with van der Waals surface area (Å²) in [6.07, 6.45) is 0.979. The zero-order valence-electron chi connectivity index (χ0n) is 2.98. The first-order valence-electron chi connectivity index (χ1n) is 1.26. The van der Waals surface area contributed by atoms with Gasteiger partial charge in [-0.1, -0.05) is 6.58 Å².